The van der Waals surface area contributed by atoms with Gasteiger partial charge in [-0.1, -0.05) is 29.8 Å². The minimum atomic E-state index is 0.759. The van der Waals surface area contributed by atoms with Crippen LogP contribution in [0.15, 0.2) is 24.3 Å². The Morgan fingerprint density at radius 2 is 1.80 bits per heavy atom. The molecule has 84 valence electrons. The maximum absolute atomic E-state index is 5.65. The summed E-state index contributed by atoms with van der Waals surface area (Å²) in [7, 11) is 2.15. The molecule has 0 aliphatic heterocycles. The molecular weight excluding hydrogens is 206 g/mol. The van der Waals surface area contributed by atoms with Gasteiger partial charge in [0.2, 0.25) is 0 Å². The van der Waals surface area contributed by atoms with Crippen molar-refractivity contribution in [2.24, 2.45) is 0 Å². The second-order valence-corrected chi connectivity index (χ2v) is 4.46. The molecule has 1 rings (SSSR count). The molecule has 15 heavy (non-hydrogen) atoms. The van der Waals surface area contributed by atoms with Gasteiger partial charge in [-0.25, -0.2) is 0 Å². The lowest BCUT2D eigenvalue weighted by molar-refractivity contribution is 0.340. The summed E-state index contributed by atoms with van der Waals surface area (Å²) in [5.74, 6) is 0.759. The van der Waals surface area contributed by atoms with E-state index in [4.69, 9.17) is 11.6 Å². The zero-order chi connectivity index (χ0) is 11.1. The fourth-order valence-electron chi connectivity index (χ4n) is 1.52. The summed E-state index contributed by atoms with van der Waals surface area (Å²) in [5, 5.41) is 0. The van der Waals surface area contributed by atoms with Crippen LogP contribution in [0.1, 0.15) is 17.5 Å². The van der Waals surface area contributed by atoms with Crippen molar-refractivity contribution in [3.63, 3.8) is 0 Å². The highest BCUT2D eigenvalue weighted by Gasteiger charge is 1.98. The Hall–Kier alpha value is -0.530. The molecule has 0 fully saturated rings. The molecule has 0 amide bonds. The van der Waals surface area contributed by atoms with Crippen LogP contribution in [-0.2, 0) is 6.42 Å². The molecule has 0 N–H and O–H groups in total. The Bertz CT molecular complexity index is 268. The standard InChI is InChI=1S/C13H20ClN/c1-12-4-6-13(7-5-12)8-11-15(2)10-3-9-14/h4-7H,3,8-11H2,1-2H3. The van der Waals surface area contributed by atoms with Gasteiger partial charge in [0.1, 0.15) is 0 Å². The minimum Gasteiger partial charge on any atom is -0.306 e. The summed E-state index contributed by atoms with van der Waals surface area (Å²) in [4.78, 5) is 2.34. The Morgan fingerprint density at radius 1 is 1.13 bits per heavy atom. The van der Waals surface area contributed by atoms with Crippen LogP contribution in [0.3, 0.4) is 0 Å². The van der Waals surface area contributed by atoms with E-state index < -0.39 is 0 Å². The third-order valence-electron chi connectivity index (χ3n) is 2.58. The topological polar surface area (TPSA) is 3.24 Å². The van der Waals surface area contributed by atoms with Gasteiger partial charge in [-0.3, -0.25) is 0 Å². The van der Waals surface area contributed by atoms with Crippen LogP contribution in [0.2, 0.25) is 0 Å². The van der Waals surface area contributed by atoms with Crippen molar-refractivity contribution >= 4 is 11.6 Å². The summed E-state index contributed by atoms with van der Waals surface area (Å²) < 4.78 is 0. The van der Waals surface area contributed by atoms with Gasteiger partial charge in [0.25, 0.3) is 0 Å². The summed E-state index contributed by atoms with van der Waals surface area (Å²) >= 11 is 5.65. The lowest BCUT2D eigenvalue weighted by Crippen LogP contribution is -2.22. The van der Waals surface area contributed by atoms with E-state index in [1.807, 2.05) is 0 Å². The van der Waals surface area contributed by atoms with Crippen molar-refractivity contribution in [3.8, 4) is 0 Å². The second kappa shape index (κ2) is 6.86. The number of hydrogen-bond acceptors (Lipinski definition) is 1. The summed E-state index contributed by atoms with van der Waals surface area (Å²) in [5.41, 5.74) is 2.74. The zero-order valence-corrected chi connectivity index (χ0v) is 10.4. The predicted octanol–water partition coefficient (Wildman–Crippen LogP) is 3.10. The van der Waals surface area contributed by atoms with Crippen LogP contribution in [0, 0.1) is 6.92 Å². The quantitative estimate of drug-likeness (QED) is 0.673. The van der Waals surface area contributed by atoms with Gasteiger partial charge in [0, 0.05) is 12.4 Å². The molecule has 0 radical (unpaired) electrons. The molecule has 0 aliphatic rings. The first-order chi connectivity index (χ1) is 7.22. The third-order valence-corrected chi connectivity index (χ3v) is 2.84. The number of benzene rings is 1. The van der Waals surface area contributed by atoms with Gasteiger partial charge in [0.05, 0.1) is 0 Å². The molecule has 2 heteroatoms. The van der Waals surface area contributed by atoms with Crippen molar-refractivity contribution in [3.05, 3.63) is 35.4 Å². The predicted molar refractivity (Wildman–Crippen MR) is 67.7 cm³/mol. The average molecular weight is 226 g/mol. The summed E-state index contributed by atoms with van der Waals surface area (Å²) in [6.07, 6.45) is 2.20. The zero-order valence-electron chi connectivity index (χ0n) is 9.67. The van der Waals surface area contributed by atoms with Crippen LogP contribution in [0.5, 0.6) is 0 Å². The summed E-state index contributed by atoms with van der Waals surface area (Å²) in [6.45, 7) is 4.33. The second-order valence-electron chi connectivity index (χ2n) is 4.08. The van der Waals surface area contributed by atoms with Gasteiger partial charge < -0.3 is 4.90 Å². The van der Waals surface area contributed by atoms with E-state index in [-0.39, 0.29) is 0 Å². The molecule has 0 spiro atoms. The molecule has 1 aromatic carbocycles. The van der Waals surface area contributed by atoms with Gasteiger partial charge in [0.15, 0.2) is 0 Å². The molecule has 0 aliphatic carbocycles. The molecule has 0 atom stereocenters. The molecule has 1 nitrogen and oxygen atoms in total. The molecule has 1 aromatic rings. The SMILES string of the molecule is Cc1ccc(CCN(C)CCCCl)cc1. The molecule has 0 saturated heterocycles. The van der Waals surface area contributed by atoms with Crippen LogP contribution in [-0.4, -0.2) is 30.9 Å². The Kier molecular flexibility index (Phi) is 5.74. The van der Waals surface area contributed by atoms with Gasteiger partial charge in [-0.05, 0) is 38.9 Å². The van der Waals surface area contributed by atoms with Gasteiger partial charge >= 0.3 is 0 Å². The van der Waals surface area contributed by atoms with E-state index in [2.05, 4.69) is 43.1 Å². The van der Waals surface area contributed by atoms with Crippen molar-refractivity contribution in [1.29, 1.82) is 0 Å². The van der Waals surface area contributed by atoms with Gasteiger partial charge in [-0.2, -0.15) is 0 Å². The van der Waals surface area contributed by atoms with E-state index in [0.29, 0.717) is 0 Å². The highest BCUT2D eigenvalue weighted by atomic mass is 35.5. The summed E-state index contributed by atoms with van der Waals surface area (Å²) in [6, 6.07) is 8.78. The van der Waals surface area contributed by atoms with Crippen LogP contribution in [0.25, 0.3) is 0 Å². The van der Waals surface area contributed by atoms with Crippen LogP contribution in [0.4, 0.5) is 0 Å². The fourth-order valence-corrected chi connectivity index (χ4v) is 1.64. The molecule has 0 heterocycles. The number of aryl methyl sites for hydroxylation is 1. The monoisotopic (exact) mass is 225 g/mol. The number of nitrogens with zero attached hydrogens (tertiary/aromatic N) is 1. The lowest BCUT2D eigenvalue weighted by atomic mass is 10.1. The minimum absolute atomic E-state index is 0.759. The first kappa shape index (κ1) is 12.5. The molecule has 0 aromatic heterocycles. The average Bonchev–Trinajstić information content (AvgIpc) is 2.25. The van der Waals surface area contributed by atoms with Crippen molar-refractivity contribution < 1.29 is 0 Å². The first-order valence-electron chi connectivity index (χ1n) is 5.52. The van der Waals surface area contributed by atoms with Gasteiger partial charge in [-0.15, -0.1) is 11.6 Å². The molecule has 0 bridgehead atoms. The van der Waals surface area contributed by atoms with Crippen molar-refractivity contribution in [1.82, 2.24) is 4.90 Å². The van der Waals surface area contributed by atoms with Crippen molar-refractivity contribution in [2.75, 3.05) is 26.0 Å². The Balaban J connectivity index is 2.27. The number of alkyl halides is 1. The molecular formula is C13H20ClN. The van der Waals surface area contributed by atoms with Crippen LogP contribution >= 0.6 is 11.6 Å². The van der Waals surface area contributed by atoms with E-state index in [1.54, 1.807) is 0 Å². The van der Waals surface area contributed by atoms with E-state index in [9.17, 15) is 0 Å². The third kappa shape index (κ3) is 5.19. The number of likely N-dealkylation sites (N-methyl/N-ethyl adjacent to an activating group) is 1. The van der Waals surface area contributed by atoms with Crippen molar-refractivity contribution in [2.45, 2.75) is 19.8 Å². The fraction of sp³-hybridized carbons (Fsp3) is 0.538. The Morgan fingerprint density at radius 3 is 2.40 bits per heavy atom. The van der Waals surface area contributed by atoms with E-state index in [1.165, 1.54) is 11.1 Å². The number of hydrogen-bond donors (Lipinski definition) is 0. The molecule has 0 unspecified atom stereocenters. The van der Waals surface area contributed by atoms with E-state index in [0.717, 1.165) is 31.8 Å². The normalized spacial score (nSPS) is 10.9. The highest BCUT2D eigenvalue weighted by molar-refractivity contribution is 6.17. The Labute approximate surface area is 98.0 Å². The maximum atomic E-state index is 5.65. The number of halogens is 1. The lowest BCUT2D eigenvalue weighted by Gasteiger charge is -2.15. The smallest absolute Gasteiger partial charge is 0.0235 e. The number of rotatable bonds is 6. The molecule has 0 saturated carbocycles. The largest absolute Gasteiger partial charge is 0.306 e. The maximum Gasteiger partial charge on any atom is 0.0235 e. The van der Waals surface area contributed by atoms with Crippen LogP contribution < -0.4 is 0 Å². The first-order valence-corrected chi connectivity index (χ1v) is 6.06. The van der Waals surface area contributed by atoms with E-state index >= 15 is 0 Å². The highest BCUT2D eigenvalue weighted by Crippen LogP contribution is 2.04.